The van der Waals surface area contributed by atoms with Crippen molar-refractivity contribution < 1.29 is 9.53 Å². The number of likely N-dealkylation sites (tertiary alicyclic amines) is 2. The minimum atomic E-state index is -0.215. The Hall–Kier alpha value is -1.11. The molecule has 1 amide bonds. The van der Waals surface area contributed by atoms with Gasteiger partial charge in [-0.25, -0.2) is 0 Å². The molecule has 2 aliphatic rings. The van der Waals surface area contributed by atoms with E-state index in [-0.39, 0.29) is 5.41 Å². The van der Waals surface area contributed by atoms with Gasteiger partial charge in [0, 0.05) is 45.9 Å². The van der Waals surface area contributed by atoms with Crippen LogP contribution in [0.2, 0.25) is 5.15 Å². The average Bonchev–Trinajstić information content (AvgIpc) is 3.13. The number of piperidine rings is 1. The van der Waals surface area contributed by atoms with Gasteiger partial charge in [0.05, 0.1) is 17.7 Å². The smallest absolute Gasteiger partial charge is 0.230 e. The van der Waals surface area contributed by atoms with Crippen molar-refractivity contribution in [2.45, 2.75) is 39.2 Å². The van der Waals surface area contributed by atoms with Gasteiger partial charge in [-0.3, -0.25) is 14.4 Å². The topological polar surface area (TPSA) is 50.6 Å². The highest BCUT2D eigenvalue weighted by Crippen LogP contribution is 2.41. The van der Waals surface area contributed by atoms with E-state index in [0.29, 0.717) is 19.1 Å². The molecule has 1 atom stereocenters. The van der Waals surface area contributed by atoms with Crippen LogP contribution in [-0.2, 0) is 29.5 Å². The standard InChI is InChI=1S/C18H29ClN4O2/c1-4-15-14(16(19)21(2)20-15)12-22-9-7-18(13-22)6-5-8-23(17(18)24)10-11-25-3/h4-13H2,1-3H3/t18-/m1/s1. The van der Waals surface area contributed by atoms with Gasteiger partial charge in [0.1, 0.15) is 5.15 Å². The predicted octanol–water partition coefficient (Wildman–Crippen LogP) is 2.10. The Morgan fingerprint density at radius 2 is 2.12 bits per heavy atom. The lowest BCUT2D eigenvalue weighted by molar-refractivity contribution is -0.146. The van der Waals surface area contributed by atoms with E-state index in [9.17, 15) is 4.79 Å². The third-order valence-electron chi connectivity index (χ3n) is 5.69. The largest absolute Gasteiger partial charge is 0.383 e. The van der Waals surface area contributed by atoms with Crippen molar-refractivity contribution in [1.29, 1.82) is 0 Å². The van der Waals surface area contributed by atoms with Crippen molar-refractivity contribution in [2.24, 2.45) is 12.5 Å². The maximum atomic E-state index is 13.0. The van der Waals surface area contributed by atoms with Gasteiger partial charge >= 0.3 is 0 Å². The SMILES string of the molecule is CCc1nn(C)c(Cl)c1CN1CC[C@]2(CCCN(CCOC)C2=O)C1. The summed E-state index contributed by atoms with van der Waals surface area (Å²) >= 11 is 6.44. The van der Waals surface area contributed by atoms with Gasteiger partial charge in [-0.05, 0) is 32.2 Å². The van der Waals surface area contributed by atoms with Crippen LogP contribution in [0.5, 0.6) is 0 Å². The predicted molar refractivity (Wildman–Crippen MR) is 97.6 cm³/mol. The number of aryl methyl sites for hydroxylation is 2. The minimum absolute atomic E-state index is 0.215. The van der Waals surface area contributed by atoms with Crippen LogP contribution in [0.25, 0.3) is 0 Å². The maximum Gasteiger partial charge on any atom is 0.230 e. The molecule has 3 heterocycles. The fourth-order valence-corrected chi connectivity index (χ4v) is 4.51. The van der Waals surface area contributed by atoms with Crippen LogP contribution in [-0.4, -0.2) is 65.4 Å². The highest BCUT2D eigenvalue weighted by molar-refractivity contribution is 6.30. The molecule has 1 spiro atoms. The molecule has 1 aromatic rings. The summed E-state index contributed by atoms with van der Waals surface area (Å²) in [4.78, 5) is 17.4. The number of rotatable bonds is 6. The number of hydrogen-bond acceptors (Lipinski definition) is 4. The summed E-state index contributed by atoms with van der Waals surface area (Å²) in [7, 11) is 3.57. The van der Waals surface area contributed by atoms with Gasteiger partial charge in [-0.2, -0.15) is 5.10 Å². The summed E-state index contributed by atoms with van der Waals surface area (Å²) in [6.07, 6.45) is 3.89. The van der Waals surface area contributed by atoms with Crippen LogP contribution in [0.4, 0.5) is 0 Å². The zero-order valence-electron chi connectivity index (χ0n) is 15.6. The number of hydrogen-bond donors (Lipinski definition) is 0. The molecule has 7 heteroatoms. The van der Waals surface area contributed by atoms with Crippen LogP contribution in [0, 0.1) is 5.41 Å². The van der Waals surface area contributed by atoms with Gasteiger partial charge in [-0.1, -0.05) is 18.5 Å². The van der Waals surface area contributed by atoms with Crippen LogP contribution in [0.1, 0.15) is 37.4 Å². The van der Waals surface area contributed by atoms with E-state index in [2.05, 4.69) is 16.9 Å². The zero-order valence-corrected chi connectivity index (χ0v) is 16.3. The second-order valence-electron chi connectivity index (χ2n) is 7.32. The van der Waals surface area contributed by atoms with Crippen LogP contribution in [0.15, 0.2) is 0 Å². The Kier molecular flexibility index (Phi) is 5.71. The number of nitrogens with zero attached hydrogens (tertiary/aromatic N) is 4. The molecule has 6 nitrogen and oxygen atoms in total. The number of aromatic nitrogens is 2. The van der Waals surface area contributed by atoms with Crippen molar-refractivity contribution in [3.8, 4) is 0 Å². The number of halogens is 1. The molecular weight excluding hydrogens is 340 g/mol. The molecule has 0 N–H and O–H groups in total. The monoisotopic (exact) mass is 368 g/mol. The molecule has 25 heavy (non-hydrogen) atoms. The first-order chi connectivity index (χ1) is 12.0. The highest BCUT2D eigenvalue weighted by Gasteiger charge is 2.48. The van der Waals surface area contributed by atoms with E-state index in [4.69, 9.17) is 16.3 Å². The fourth-order valence-electron chi connectivity index (χ4n) is 4.30. The summed E-state index contributed by atoms with van der Waals surface area (Å²) in [5.41, 5.74) is 1.96. The Morgan fingerprint density at radius 1 is 1.32 bits per heavy atom. The van der Waals surface area contributed by atoms with Crippen LogP contribution in [0.3, 0.4) is 0 Å². The highest BCUT2D eigenvalue weighted by atomic mass is 35.5. The molecule has 0 radical (unpaired) electrons. The fraction of sp³-hybridized carbons (Fsp3) is 0.778. The second kappa shape index (κ2) is 7.64. The summed E-state index contributed by atoms with van der Waals surface area (Å²) < 4.78 is 6.91. The molecule has 0 aliphatic carbocycles. The van der Waals surface area contributed by atoms with E-state index < -0.39 is 0 Å². The number of carbonyl (C=O) groups is 1. The van der Waals surface area contributed by atoms with E-state index in [0.717, 1.165) is 68.3 Å². The lowest BCUT2D eigenvalue weighted by atomic mass is 9.78. The maximum absolute atomic E-state index is 13.0. The van der Waals surface area contributed by atoms with E-state index in [1.807, 2.05) is 11.9 Å². The third-order valence-corrected chi connectivity index (χ3v) is 6.16. The van der Waals surface area contributed by atoms with Gasteiger partial charge in [0.15, 0.2) is 0 Å². The van der Waals surface area contributed by atoms with E-state index in [1.54, 1.807) is 11.8 Å². The van der Waals surface area contributed by atoms with Crippen molar-refractivity contribution in [2.75, 3.05) is 39.9 Å². The number of carbonyl (C=O) groups excluding carboxylic acids is 1. The number of amides is 1. The molecule has 0 aromatic carbocycles. The lowest BCUT2D eigenvalue weighted by Gasteiger charge is -2.39. The van der Waals surface area contributed by atoms with Crippen molar-refractivity contribution in [3.63, 3.8) is 0 Å². The van der Waals surface area contributed by atoms with Crippen molar-refractivity contribution in [3.05, 3.63) is 16.4 Å². The summed E-state index contributed by atoms with van der Waals surface area (Å²) in [6, 6.07) is 0. The summed E-state index contributed by atoms with van der Waals surface area (Å²) in [6.45, 7) is 6.82. The van der Waals surface area contributed by atoms with Gasteiger partial charge in [0.2, 0.25) is 5.91 Å². The normalized spacial score (nSPS) is 24.6. The van der Waals surface area contributed by atoms with Crippen molar-refractivity contribution >= 4 is 17.5 Å². The zero-order chi connectivity index (χ0) is 18.0. The molecule has 0 bridgehead atoms. The summed E-state index contributed by atoms with van der Waals surface area (Å²) in [5.74, 6) is 0.311. The Labute approximate surface area is 155 Å². The van der Waals surface area contributed by atoms with E-state index >= 15 is 0 Å². The quantitative estimate of drug-likeness (QED) is 0.771. The molecule has 140 valence electrons. The molecule has 0 saturated carbocycles. The molecule has 3 rings (SSSR count). The van der Waals surface area contributed by atoms with Crippen molar-refractivity contribution in [1.82, 2.24) is 19.6 Å². The minimum Gasteiger partial charge on any atom is -0.383 e. The molecule has 2 saturated heterocycles. The molecule has 2 aliphatic heterocycles. The first-order valence-corrected chi connectivity index (χ1v) is 9.59. The second-order valence-corrected chi connectivity index (χ2v) is 7.68. The average molecular weight is 369 g/mol. The first-order valence-electron chi connectivity index (χ1n) is 9.21. The number of ether oxygens (including phenoxy) is 1. The molecular formula is C18H29ClN4O2. The van der Waals surface area contributed by atoms with Gasteiger partial charge in [-0.15, -0.1) is 0 Å². The van der Waals surface area contributed by atoms with Crippen LogP contribution < -0.4 is 0 Å². The number of methoxy groups -OCH3 is 1. The lowest BCUT2D eigenvalue weighted by Crippen LogP contribution is -2.50. The van der Waals surface area contributed by atoms with E-state index in [1.165, 1.54) is 0 Å². The molecule has 2 fully saturated rings. The van der Waals surface area contributed by atoms with Crippen LogP contribution >= 0.6 is 11.6 Å². The van der Waals surface area contributed by atoms with Gasteiger partial charge < -0.3 is 9.64 Å². The Bertz CT molecular complexity index is 633. The Balaban J connectivity index is 1.70. The Morgan fingerprint density at radius 3 is 2.84 bits per heavy atom. The molecule has 1 aromatic heterocycles. The first kappa shape index (κ1) is 18.7. The summed E-state index contributed by atoms with van der Waals surface area (Å²) in [5, 5.41) is 5.22. The third kappa shape index (κ3) is 3.57. The molecule has 0 unspecified atom stereocenters. The van der Waals surface area contributed by atoms with Gasteiger partial charge in [0.25, 0.3) is 0 Å².